The van der Waals surface area contributed by atoms with Crippen LogP contribution in [0.2, 0.25) is 5.02 Å². The molecule has 0 saturated heterocycles. The average molecular weight is 326 g/mol. The van der Waals surface area contributed by atoms with Gasteiger partial charge in [-0.15, -0.1) is 0 Å². The smallest absolute Gasteiger partial charge is 0.0927 e. The van der Waals surface area contributed by atoms with Gasteiger partial charge in [0.1, 0.15) is 0 Å². The molecule has 2 aromatic rings. The maximum Gasteiger partial charge on any atom is 0.0927 e. The van der Waals surface area contributed by atoms with Gasteiger partial charge < -0.3 is 5.21 Å². The van der Waals surface area contributed by atoms with E-state index in [-0.39, 0.29) is 0 Å². The minimum Gasteiger partial charge on any atom is -0.411 e. The van der Waals surface area contributed by atoms with Gasteiger partial charge in [0, 0.05) is 27.8 Å². The zero-order valence-electron chi connectivity index (χ0n) is 9.35. The summed E-state index contributed by atoms with van der Waals surface area (Å²) in [7, 11) is 0. The van der Waals surface area contributed by atoms with E-state index >= 15 is 0 Å². The van der Waals surface area contributed by atoms with Gasteiger partial charge in [0.25, 0.3) is 0 Å². The second kappa shape index (κ2) is 5.98. The van der Waals surface area contributed by atoms with Crippen molar-refractivity contribution in [3.05, 3.63) is 63.3 Å². The summed E-state index contributed by atoms with van der Waals surface area (Å²) in [6.45, 7) is 0. The predicted octanol–water partition coefficient (Wildman–Crippen LogP) is 3.92. The van der Waals surface area contributed by atoms with Crippen LogP contribution in [0.5, 0.6) is 0 Å². The number of benzene rings is 1. The quantitative estimate of drug-likeness (QED) is 0.528. The van der Waals surface area contributed by atoms with Crippen LogP contribution < -0.4 is 0 Å². The molecule has 0 aliphatic rings. The lowest BCUT2D eigenvalue weighted by atomic mass is 10.1. The fourth-order valence-electron chi connectivity index (χ4n) is 1.55. The number of aromatic nitrogens is 1. The molecule has 0 amide bonds. The van der Waals surface area contributed by atoms with E-state index in [1.54, 1.807) is 18.3 Å². The molecule has 1 aromatic heterocycles. The molecule has 0 unspecified atom stereocenters. The first-order valence-electron chi connectivity index (χ1n) is 5.26. The molecular formula is C13H10BrClN2O. The van der Waals surface area contributed by atoms with Crippen molar-refractivity contribution in [2.75, 3.05) is 0 Å². The maximum absolute atomic E-state index is 9.09. The first kappa shape index (κ1) is 13.1. The van der Waals surface area contributed by atoms with E-state index in [0.29, 0.717) is 17.2 Å². The second-order valence-corrected chi connectivity index (χ2v) is 5.05. The Morgan fingerprint density at radius 2 is 2.00 bits per heavy atom. The Balaban J connectivity index is 2.23. The molecule has 0 saturated carbocycles. The minimum absolute atomic E-state index is 0.456. The first-order chi connectivity index (χ1) is 8.69. The van der Waals surface area contributed by atoms with E-state index in [0.717, 1.165) is 15.7 Å². The SMILES string of the molecule is O/N=C(\Cc1cc(Br)ccn1)c1ccc(Cl)cc1. The molecule has 5 heteroatoms. The lowest BCUT2D eigenvalue weighted by Gasteiger charge is -2.05. The lowest BCUT2D eigenvalue weighted by molar-refractivity contribution is 0.318. The molecule has 3 nitrogen and oxygen atoms in total. The molecule has 0 aliphatic carbocycles. The van der Waals surface area contributed by atoms with Crippen molar-refractivity contribution in [1.29, 1.82) is 0 Å². The van der Waals surface area contributed by atoms with Gasteiger partial charge in [0.2, 0.25) is 0 Å². The van der Waals surface area contributed by atoms with E-state index < -0.39 is 0 Å². The zero-order valence-corrected chi connectivity index (χ0v) is 11.7. The van der Waals surface area contributed by atoms with Crippen LogP contribution in [-0.4, -0.2) is 15.9 Å². The molecule has 0 bridgehead atoms. The number of rotatable bonds is 3. The van der Waals surface area contributed by atoms with E-state index in [1.807, 2.05) is 24.3 Å². The second-order valence-electron chi connectivity index (χ2n) is 3.70. The Labute approximate surface area is 118 Å². The predicted molar refractivity (Wildman–Crippen MR) is 75.4 cm³/mol. The van der Waals surface area contributed by atoms with Crippen molar-refractivity contribution in [3.63, 3.8) is 0 Å². The minimum atomic E-state index is 0.456. The molecule has 0 aliphatic heterocycles. The van der Waals surface area contributed by atoms with Crippen molar-refractivity contribution in [2.45, 2.75) is 6.42 Å². The molecule has 0 fully saturated rings. The molecule has 92 valence electrons. The van der Waals surface area contributed by atoms with Gasteiger partial charge in [-0.25, -0.2) is 0 Å². The van der Waals surface area contributed by atoms with Gasteiger partial charge in [0.05, 0.1) is 5.71 Å². The molecule has 18 heavy (non-hydrogen) atoms. The molecule has 2 rings (SSSR count). The van der Waals surface area contributed by atoms with E-state index in [4.69, 9.17) is 16.8 Å². The van der Waals surface area contributed by atoms with Crippen LogP contribution in [0.3, 0.4) is 0 Å². The Bertz CT molecular complexity index is 569. The van der Waals surface area contributed by atoms with Crippen molar-refractivity contribution in [1.82, 2.24) is 4.98 Å². The van der Waals surface area contributed by atoms with Crippen LogP contribution in [-0.2, 0) is 6.42 Å². The monoisotopic (exact) mass is 324 g/mol. The summed E-state index contributed by atoms with van der Waals surface area (Å²) in [5, 5.41) is 13.1. The molecule has 1 heterocycles. The van der Waals surface area contributed by atoms with Crippen molar-refractivity contribution in [3.8, 4) is 0 Å². The summed E-state index contributed by atoms with van der Waals surface area (Å²) in [6, 6.07) is 10.9. The van der Waals surface area contributed by atoms with Crippen LogP contribution in [0, 0.1) is 0 Å². The Morgan fingerprint density at radius 1 is 1.28 bits per heavy atom. The number of nitrogens with zero attached hydrogens (tertiary/aromatic N) is 2. The highest BCUT2D eigenvalue weighted by Gasteiger charge is 2.07. The third-order valence-corrected chi connectivity index (χ3v) is 3.17. The van der Waals surface area contributed by atoms with Crippen LogP contribution in [0.15, 0.2) is 52.2 Å². The van der Waals surface area contributed by atoms with E-state index in [9.17, 15) is 0 Å². The van der Waals surface area contributed by atoms with Gasteiger partial charge in [-0.1, -0.05) is 44.8 Å². The molecule has 0 spiro atoms. The molecule has 1 aromatic carbocycles. The fourth-order valence-corrected chi connectivity index (χ4v) is 2.06. The van der Waals surface area contributed by atoms with Crippen molar-refractivity contribution < 1.29 is 5.21 Å². The normalized spacial score (nSPS) is 11.6. The van der Waals surface area contributed by atoms with Crippen molar-refractivity contribution >= 4 is 33.2 Å². The molecular weight excluding hydrogens is 316 g/mol. The largest absolute Gasteiger partial charge is 0.411 e. The molecule has 0 radical (unpaired) electrons. The van der Waals surface area contributed by atoms with Crippen LogP contribution >= 0.6 is 27.5 Å². The highest BCUT2D eigenvalue weighted by molar-refractivity contribution is 9.10. The van der Waals surface area contributed by atoms with E-state index in [2.05, 4.69) is 26.1 Å². The summed E-state index contributed by atoms with van der Waals surface area (Å²) < 4.78 is 0.945. The highest BCUT2D eigenvalue weighted by Crippen LogP contribution is 2.14. The summed E-state index contributed by atoms with van der Waals surface area (Å²) in [5.41, 5.74) is 2.20. The number of halogens is 2. The Kier molecular flexibility index (Phi) is 4.33. The van der Waals surface area contributed by atoms with Gasteiger partial charge in [-0.2, -0.15) is 0 Å². The molecule has 0 atom stereocenters. The van der Waals surface area contributed by atoms with Gasteiger partial charge >= 0.3 is 0 Å². The number of hydrogen-bond donors (Lipinski definition) is 1. The van der Waals surface area contributed by atoms with Gasteiger partial charge in [0.15, 0.2) is 0 Å². The number of hydrogen-bond acceptors (Lipinski definition) is 3. The highest BCUT2D eigenvalue weighted by atomic mass is 79.9. The standard InChI is InChI=1S/C13H10BrClN2O/c14-10-5-6-16-12(7-10)8-13(17-18)9-1-3-11(15)4-2-9/h1-7,18H,8H2/b17-13+. The molecule has 1 N–H and O–H groups in total. The van der Waals surface area contributed by atoms with Crippen molar-refractivity contribution in [2.24, 2.45) is 5.16 Å². The summed E-state index contributed by atoms with van der Waals surface area (Å²) in [4.78, 5) is 4.22. The fraction of sp³-hybridized carbons (Fsp3) is 0.0769. The summed E-state index contributed by atoms with van der Waals surface area (Å²) in [5.74, 6) is 0. The van der Waals surface area contributed by atoms with Crippen LogP contribution in [0.25, 0.3) is 0 Å². The third-order valence-electron chi connectivity index (χ3n) is 2.43. The lowest BCUT2D eigenvalue weighted by Crippen LogP contribution is -2.06. The Hall–Kier alpha value is -1.39. The first-order valence-corrected chi connectivity index (χ1v) is 6.43. The Morgan fingerprint density at radius 3 is 2.61 bits per heavy atom. The topological polar surface area (TPSA) is 45.5 Å². The van der Waals surface area contributed by atoms with E-state index in [1.165, 1.54) is 0 Å². The van der Waals surface area contributed by atoms with Gasteiger partial charge in [-0.05, 0) is 29.8 Å². The average Bonchev–Trinajstić information content (AvgIpc) is 2.37. The third kappa shape index (κ3) is 3.31. The van der Waals surface area contributed by atoms with Crippen LogP contribution in [0.1, 0.15) is 11.3 Å². The van der Waals surface area contributed by atoms with Crippen LogP contribution in [0.4, 0.5) is 0 Å². The number of pyridine rings is 1. The number of oxime groups is 1. The summed E-state index contributed by atoms with van der Waals surface area (Å²) in [6.07, 6.45) is 2.16. The maximum atomic E-state index is 9.09. The summed E-state index contributed by atoms with van der Waals surface area (Å²) >= 11 is 9.20. The van der Waals surface area contributed by atoms with Gasteiger partial charge in [-0.3, -0.25) is 4.98 Å². The zero-order chi connectivity index (χ0) is 13.0.